The van der Waals surface area contributed by atoms with Crippen molar-refractivity contribution in [2.75, 3.05) is 13.2 Å². The van der Waals surface area contributed by atoms with Gasteiger partial charge in [-0.25, -0.2) is 0 Å². The van der Waals surface area contributed by atoms with Gasteiger partial charge < -0.3 is 20.4 Å². The van der Waals surface area contributed by atoms with Crippen LogP contribution in [0.2, 0.25) is 0 Å². The van der Waals surface area contributed by atoms with E-state index in [2.05, 4.69) is 0 Å². The molecule has 1 heterocycles. The Morgan fingerprint density at radius 2 is 1.67 bits per heavy atom. The highest BCUT2D eigenvalue weighted by Crippen LogP contribution is 2.48. The van der Waals surface area contributed by atoms with Gasteiger partial charge in [-0.15, -0.1) is 0 Å². The summed E-state index contributed by atoms with van der Waals surface area (Å²) >= 11 is 0. The predicted molar refractivity (Wildman–Crippen MR) is 165 cm³/mol. The van der Waals surface area contributed by atoms with E-state index in [0.29, 0.717) is 44.1 Å². The van der Waals surface area contributed by atoms with E-state index in [4.69, 9.17) is 5.11 Å². The van der Waals surface area contributed by atoms with E-state index in [9.17, 15) is 29.7 Å². The molecule has 0 spiro atoms. The third-order valence-electron chi connectivity index (χ3n) is 8.80. The van der Waals surface area contributed by atoms with Gasteiger partial charge in [-0.05, 0) is 72.4 Å². The average Bonchev–Trinajstić information content (AvgIpc) is 3.23. The number of aromatic hydroxyl groups is 1. The Labute approximate surface area is 253 Å². The molecule has 2 aromatic rings. The van der Waals surface area contributed by atoms with Gasteiger partial charge in [0.2, 0.25) is 11.8 Å². The Bertz CT molecular complexity index is 1350. The molecule has 0 unspecified atom stereocenters. The number of carbonyl (C=O) groups is 3. The number of aliphatic hydroxyl groups is 2. The maximum Gasteiger partial charge on any atom is 0.303 e. The summed E-state index contributed by atoms with van der Waals surface area (Å²) in [5.41, 5.74) is 4.55. The molecule has 2 aliphatic rings. The first kappa shape index (κ1) is 32.2. The number of hydrogen-bond donors (Lipinski definition) is 4. The number of carboxylic acids is 1. The molecule has 0 radical (unpaired) electrons. The van der Waals surface area contributed by atoms with E-state index in [1.54, 1.807) is 12.1 Å². The van der Waals surface area contributed by atoms with Crippen LogP contribution in [0.15, 0.2) is 65.7 Å². The van der Waals surface area contributed by atoms with Gasteiger partial charge in [0, 0.05) is 18.9 Å². The number of rotatable bonds is 14. The fourth-order valence-corrected chi connectivity index (χ4v) is 6.62. The molecule has 4 rings (SSSR count). The van der Waals surface area contributed by atoms with Crippen molar-refractivity contribution in [2.45, 2.75) is 64.9 Å². The summed E-state index contributed by atoms with van der Waals surface area (Å²) in [6, 6.07) is 16.8. The van der Waals surface area contributed by atoms with Crippen LogP contribution in [0, 0.1) is 23.7 Å². The average molecular weight is 590 g/mol. The van der Waals surface area contributed by atoms with Gasteiger partial charge in [-0.2, -0.15) is 0 Å². The number of benzene rings is 2. The monoisotopic (exact) mass is 589 g/mol. The summed E-state index contributed by atoms with van der Waals surface area (Å²) in [6.45, 7) is 3.92. The van der Waals surface area contributed by atoms with Crippen LogP contribution >= 0.6 is 0 Å². The molecule has 1 aliphatic heterocycles. The maximum absolute atomic E-state index is 13.6. The molecule has 230 valence electrons. The molecule has 43 heavy (non-hydrogen) atoms. The van der Waals surface area contributed by atoms with E-state index in [1.807, 2.05) is 62.4 Å². The van der Waals surface area contributed by atoms with Crippen LogP contribution in [0.5, 0.6) is 5.75 Å². The largest absolute Gasteiger partial charge is 0.508 e. The van der Waals surface area contributed by atoms with Crippen LogP contribution in [0.4, 0.5) is 0 Å². The second-order valence-electron chi connectivity index (χ2n) is 12.0. The fraction of sp³-hybridized carbons (Fsp3) is 0.457. The molecular formula is C35H43NO7. The van der Waals surface area contributed by atoms with Crippen molar-refractivity contribution in [3.05, 3.63) is 76.9 Å². The standard InChI is InChI=1S/C35H43NO7/c1-22(2)27-20-28-33(35(43)36(34(28)42)18-8-4-7-11-31(40)41)29(21-37)32(27)30(39)17-14-25(24-9-5-3-6-10-24)19-23-12-15-26(38)16-13-23/h3,5-6,9-10,12-13,15-16,19,22,28-30,33,37-39H,4,7-8,11,14,17-18,20-21H2,1-2H3,(H,40,41)/b25-19-/t28-,29+,30-,33-/m1/s1. The van der Waals surface area contributed by atoms with Gasteiger partial charge >= 0.3 is 5.97 Å². The zero-order valence-corrected chi connectivity index (χ0v) is 25.0. The molecular weight excluding hydrogens is 546 g/mol. The topological polar surface area (TPSA) is 135 Å². The fourth-order valence-electron chi connectivity index (χ4n) is 6.62. The number of imide groups is 1. The normalized spacial score (nSPS) is 21.5. The van der Waals surface area contributed by atoms with Crippen LogP contribution < -0.4 is 0 Å². The van der Waals surface area contributed by atoms with Gasteiger partial charge in [0.1, 0.15) is 5.75 Å². The number of nitrogens with zero attached hydrogens (tertiary/aromatic N) is 1. The molecule has 8 heteroatoms. The van der Waals surface area contributed by atoms with Crippen LogP contribution in [0.25, 0.3) is 11.6 Å². The molecule has 2 aromatic carbocycles. The van der Waals surface area contributed by atoms with Gasteiger partial charge in [-0.1, -0.05) is 74.4 Å². The van der Waals surface area contributed by atoms with Crippen LogP contribution in [0.1, 0.15) is 69.9 Å². The van der Waals surface area contributed by atoms with Gasteiger partial charge in [-0.3, -0.25) is 19.3 Å². The number of unbranched alkanes of at least 4 members (excludes halogenated alkanes) is 2. The number of phenols is 1. The Morgan fingerprint density at radius 3 is 2.30 bits per heavy atom. The molecule has 8 nitrogen and oxygen atoms in total. The van der Waals surface area contributed by atoms with Crippen molar-refractivity contribution >= 4 is 29.4 Å². The summed E-state index contributed by atoms with van der Waals surface area (Å²) in [4.78, 5) is 39.1. The van der Waals surface area contributed by atoms with Crippen molar-refractivity contribution in [1.82, 2.24) is 4.90 Å². The summed E-state index contributed by atoms with van der Waals surface area (Å²) in [6.07, 6.45) is 4.07. The summed E-state index contributed by atoms with van der Waals surface area (Å²) < 4.78 is 0. The minimum Gasteiger partial charge on any atom is -0.508 e. The quantitative estimate of drug-likeness (QED) is 0.102. The van der Waals surface area contributed by atoms with Crippen molar-refractivity contribution in [2.24, 2.45) is 23.7 Å². The van der Waals surface area contributed by atoms with Crippen molar-refractivity contribution < 1.29 is 34.8 Å². The number of phenolic OH excluding ortho intramolecular Hbond substituents is 1. The van der Waals surface area contributed by atoms with E-state index in [1.165, 1.54) is 4.90 Å². The second kappa shape index (κ2) is 14.6. The van der Waals surface area contributed by atoms with Gasteiger partial charge in [0.15, 0.2) is 0 Å². The van der Waals surface area contributed by atoms with E-state index < -0.39 is 29.8 Å². The molecule has 1 fully saturated rings. The minimum atomic E-state index is -0.907. The number of aliphatic carboxylic acids is 1. The Balaban J connectivity index is 1.55. The van der Waals surface area contributed by atoms with Crippen LogP contribution in [0.3, 0.4) is 0 Å². The van der Waals surface area contributed by atoms with Crippen molar-refractivity contribution in [1.29, 1.82) is 0 Å². The maximum atomic E-state index is 13.6. The third-order valence-corrected chi connectivity index (χ3v) is 8.80. The lowest BCUT2D eigenvalue weighted by Crippen LogP contribution is -2.40. The van der Waals surface area contributed by atoms with Gasteiger partial charge in [0.05, 0.1) is 24.5 Å². The van der Waals surface area contributed by atoms with Crippen LogP contribution in [-0.4, -0.2) is 62.4 Å². The number of carboxylic acid groups (broad SMARTS) is 1. The zero-order valence-electron chi connectivity index (χ0n) is 25.0. The first-order chi connectivity index (χ1) is 20.6. The number of amides is 2. The number of allylic oxidation sites excluding steroid dienone is 2. The number of aliphatic hydroxyl groups excluding tert-OH is 2. The molecule has 0 bridgehead atoms. The predicted octanol–water partition coefficient (Wildman–Crippen LogP) is 5.28. The summed E-state index contributed by atoms with van der Waals surface area (Å²) in [5, 5.41) is 40.9. The van der Waals surface area contributed by atoms with Crippen molar-refractivity contribution in [3.8, 4) is 5.75 Å². The second-order valence-corrected chi connectivity index (χ2v) is 12.0. The minimum absolute atomic E-state index is 0.0220. The molecule has 4 atom stereocenters. The number of hydrogen-bond acceptors (Lipinski definition) is 6. The molecule has 0 saturated carbocycles. The first-order valence-corrected chi connectivity index (χ1v) is 15.3. The number of likely N-dealkylation sites (tertiary alicyclic amines) is 1. The summed E-state index contributed by atoms with van der Waals surface area (Å²) in [7, 11) is 0. The number of fused-ring (bicyclic) bond motifs is 1. The Morgan fingerprint density at radius 1 is 0.977 bits per heavy atom. The smallest absolute Gasteiger partial charge is 0.303 e. The molecule has 2 amide bonds. The lowest BCUT2D eigenvalue weighted by molar-refractivity contribution is -0.141. The Hall–Kier alpha value is -3.75. The molecule has 1 saturated heterocycles. The SMILES string of the molecule is CC(C)C1=C([C@H](O)CC/C(=C/c2ccc(O)cc2)c2ccccc2)[C@H](CO)[C@@H]2C(=O)N(CCCCCC(=O)O)C(=O)[C@@H]2C1. The van der Waals surface area contributed by atoms with E-state index in [-0.39, 0.29) is 43.1 Å². The number of carbonyl (C=O) groups excluding carboxylic acids is 2. The third kappa shape index (κ3) is 7.61. The lowest BCUT2D eigenvalue weighted by Gasteiger charge is -2.38. The first-order valence-electron chi connectivity index (χ1n) is 15.3. The van der Waals surface area contributed by atoms with Crippen molar-refractivity contribution in [3.63, 3.8) is 0 Å². The lowest BCUT2D eigenvalue weighted by atomic mass is 9.66. The highest BCUT2D eigenvalue weighted by molar-refractivity contribution is 6.05. The van der Waals surface area contributed by atoms with Gasteiger partial charge in [0.25, 0.3) is 0 Å². The van der Waals surface area contributed by atoms with E-state index >= 15 is 0 Å². The molecule has 4 N–H and O–H groups in total. The highest BCUT2D eigenvalue weighted by Gasteiger charge is 2.54. The van der Waals surface area contributed by atoms with E-state index in [0.717, 1.165) is 22.3 Å². The zero-order chi connectivity index (χ0) is 31.1. The summed E-state index contributed by atoms with van der Waals surface area (Å²) in [5.74, 6) is -3.14. The highest BCUT2D eigenvalue weighted by atomic mass is 16.4. The Kier molecular flexibility index (Phi) is 10.9. The van der Waals surface area contributed by atoms with Crippen LogP contribution in [-0.2, 0) is 14.4 Å². The molecule has 1 aliphatic carbocycles. The molecule has 0 aromatic heterocycles.